The molecule has 0 aliphatic heterocycles. The highest BCUT2D eigenvalue weighted by molar-refractivity contribution is 5.43. The lowest BCUT2D eigenvalue weighted by atomic mass is 10.2. The first-order valence-corrected chi connectivity index (χ1v) is 3.86. The Morgan fingerprint density at radius 3 is 2.73 bits per heavy atom. The maximum absolute atomic E-state index is 12.2. The molecule has 0 amide bonds. The average molecular weight is 217 g/mol. The maximum Gasteiger partial charge on any atom is 0.400 e. The number of alkyl halides is 3. The van der Waals surface area contributed by atoms with Crippen molar-refractivity contribution < 1.29 is 17.6 Å². The van der Waals surface area contributed by atoms with Crippen molar-refractivity contribution in [1.29, 1.82) is 0 Å². The van der Waals surface area contributed by atoms with Gasteiger partial charge in [0, 0.05) is 4.91 Å². The second kappa shape index (κ2) is 4.56. The molecule has 0 aliphatic rings. The molecule has 0 bridgehead atoms. The van der Waals surface area contributed by atoms with E-state index in [1.807, 2.05) is 0 Å². The Balaban J connectivity index is 2.80. The summed E-state index contributed by atoms with van der Waals surface area (Å²) in [5.41, 5.74) is 7.96. The van der Waals surface area contributed by atoms with Crippen LogP contribution < -0.4 is 0 Å². The van der Waals surface area contributed by atoms with Gasteiger partial charge in [-0.1, -0.05) is 11.2 Å². The Morgan fingerprint density at radius 1 is 1.53 bits per heavy atom. The van der Waals surface area contributed by atoms with Crippen LogP contribution >= 0.6 is 0 Å². The molecule has 0 fully saturated rings. The first-order chi connectivity index (χ1) is 7.04. The van der Waals surface area contributed by atoms with E-state index in [0.29, 0.717) is 0 Å². The molecule has 1 aromatic heterocycles. The van der Waals surface area contributed by atoms with E-state index in [9.17, 15) is 13.2 Å². The van der Waals surface area contributed by atoms with Crippen molar-refractivity contribution in [3.8, 4) is 0 Å². The predicted molar refractivity (Wildman–Crippen MR) is 46.7 cm³/mol. The van der Waals surface area contributed by atoms with Gasteiger partial charge in [0.05, 0.1) is 6.26 Å². The SMILES string of the molecule is [N-]=[N+]=NC(C=Cc1ccco1)C(F)(F)F. The van der Waals surface area contributed by atoms with E-state index in [4.69, 9.17) is 9.95 Å². The molecule has 80 valence electrons. The summed E-state index contributed by atoms with van der Waals surface area (Å²) in [6.45, 7) is 0. The molecule has 1 atom stereocenters. The van der Waals surface area contributed by atoms with E-state index < -0.39 is 12.2 Å². The summed E-state index contributed by atoms with van der Waals surface area (Å²) in [7, 11) is 0. The predicted octanol–water partition coefficient (Wildman–Crippen LogP) is 3.53. The van der Waals surface area contributed by atoms with E-state index in [1.165, 1.54) is 18.4 Å². The molecular weight excluding hydrogens is 211 g/mol. The second-order valence-electron chi connectivity index (χ2n) is 2.57. The van der Waals surface area contributed by atoms with Crippen molar-refractivity contribution >= 4 is 6.08 Å². The summed E-state index contributed by atoms with van der Waals surface area (Å²) < 4.78 is 41.4. The summed E-state index contributed by atoms with van der Waals surface area (Å²) in [5.74, 6) is 0.261. The van der Waals surface area contributed by atoms with Gasteiger partial charge in [0.15, 0.2) is 6.04 Å². The minimum Gasteiger partial charge on any atom is -0.465 e. The molecule has 0 aliphatic carbocycles. The van der Waals surface area contributed by atoms with Gasteiger partial charge in [-0.25, -0.2) is 0 Å². The number of hydrogen-bond acceptors (Lipinski definition) is 2. The smallest absolute Gasteiger partial charge is 0.400 e. The van der Waals surface area contributed by atoms with Gasteiger partial charge in [0.2, 0.25) is 0 Å². The molecule has 0 saturated carbocycles. The number of rotatable bonds is 3. The second-order valence-corrected chi connectivity index (χ2v) is 2.57. The maximum atomic E-state index is 12.2. The first-order valence-electron chi connectivity index (χ1n) is 3.86. The van der Waals surface area contributed by atoms with Gasteiger partial charge in [-0.05, 0) is 23.7 Å². The lowest BCUT2D eigenvalue weighted by Crippen LogP contribution is -2.24. The van der Waals surface area contributed by atoms with Crippen molar-refractivity contribution in [2.75, 3.05) is 0 Å². The van der Waals surface area contributed by atoms with Crippen LogP contribution in [0.3, 0.4) is 0 Å². The molecule has 7 heteroatoms. The van der Waals surface area contributed by atoms with E-state index in [0.717, 1.165) is 12.2 Å². The number of furan rings is 1. The van der Waals surface area contributed by atoms with Gasteiger partial charge < -0.3 is 4.42 Å². The Labute approximate surface area is 82.6 Å². The Morgan fingerprint density at radius 2 is 2.27 bits per heavy atom. The summed E-state index contributed by atoms with van der Waals surface area (Å²) in [6.07, 6.45) is -1.42. The van der Waals surface area contributed by atoms with Crippen LogP contribution in [-0.2, 0) is 0 Å². The standard InChI is InChI=1S/C8H6F3N3O/c9-8(10,11)7(13-14-12)4-3-6-2-1-5-15-6/h1-5,7H. The highest BCUT2D eigenvalue weighted by Crippen LogP contribution is 2.24. The van der Waals surface area contributed by atoms with Gasteiger partial charge in [0.25, 0.3) is 0 Å². The molecular formula is C8H6F3N3O. The van der Waals surface area contributed by atoms with E-state index >= 15 is 0 Å². The number of azide groups is 1. The highest BCUT2D eigenvalue weighted by atomic mass is 19.4. The zero-order valence-electron chi connectivity index (χ0n) is 7.35. The van der Waals surface area contributed by atoms with Crippen LogP contribution in [0.5, 0.6) is 0 Å². The number of hydrogen-bond donors (Lipinski definition) is 0. The average Bonchev–Trinajstić information content (AvgIpc) is 2.62. The van der Waals surface area contributed by atoms with Crippen molar-refractivity contribution in [1.82, 2.24) is 0 Å². The van der Waals surface area contributed by atoms with Crippen LogP contribution in [0.25, 0.3) is 16.5 Å². The molecule has 1 heterocycles. The Hall–Kier alpha value is -1.88. The fourth-order valence-corrected chi connectivity index (χ4v) is 0.841. The van der Waals surface area contributed by atoms with Gasteiger partial charge in [-0.2, -0.15) is 13.2 Å². The lowest BCUT2D eigenvalue weighted by molar-refractivity contribution is -0.136. The molecule has 1 rings (SSSR count). The van der Waals surface area contributed by atoms with Gasteiger partial charge in [-0.15, -0.1) is 0 Å². The third-order valence-electron chi connectivity index (χ3n) is 1.50. The van der Waals surface area contributed by atoms with Crippen molar-refractivity contribution in [3.63, 3.8) is 0 Å². The molecule has 0 spiro atoms. The summed E-state index contributed by atoms with van der Waals surface area (Å²) >= 11 is 0. The van der Waals surface area contributed by atoms with Crippen LogP contribution in [0.15, 0.2) is 34.0 Å². The molecule has 15 heavy (non-hydrogen) atoms. The topological polar surface area (TPSA) is 61.9 Å². The molecule has 0 N–H and O–H groups in total. The summed E-state index contributed by atoms with van der Waals surface area (Å²) in [6, 6.07) is 0.850. The Kier molecular flexibility index (Phi) is 3.41. The Bertz CT molecular complexity index is 376. The fraction of sp³-hybridized carbons (Fsp3) is 0.250. The van der Waals surface area contributed by atoms with Gasteiger partial charge >= 0.3 is 6.18 Å². The molecule has 1 aromatic rings. The number of nitrogens with zero attached hydrogens (tertiary/aromatic N) is 3. The normalized spacial score (nSPS) is 13.8. The van der Waals surface area contributed by atoms with Crippen molar-refractivity contribution in [2.24, 2.45) is 5.11 Å². The van der Waals surface area contributed by atoms with E-state index in [-0.39, 0.29) is 5.76 Å². The number of halogens is 3. The summed E-state index contributed by atoms with van der Waals surface area (Å²) in [5, 5.41) is 2.62. The molecule has 1 unspecified atom stereocenters. The van der Waals surface area contributed by atoms with Gasteiger partial charge in [-0.3, -0.25) is 0 Å². The first kappa shape index (κ1) is 11.2. The minimum atomic E-state index is -4.59. The van der Waals surface area contributed by atoms with Crippen molar-refractivity contribution in [2.45, 2.75) is 12.2 Å². The molecule has 0 radical (unpaired) electrons. The van der Waals surface area contributed by atoms with E-state index in [2.05, 4.69) is 10.0 Å². The monoisotopic (exact) mass is 217 g/mol. The summed E-state index contributed by atoms with van der Waals surface area (Å²) in [4.78, 5) is 2.13. The third kappa shape index (κ3) is 3.40. The largest absolute Gasteiger partial charge is 0.465 e. The highest BCUT2D eigenvalue weighted by Gasteiger charge is 2.37. The van der Waals surface area contributed by atoms with Crippen LogP contribution in [-0.4, -0.2) is 12.2 Å². The molecule has 0 saturated heterocycles. The van der Waals surface area contributed by atoms with Crippen LogP contribution in [0.4, 0.5) is 13.2 Å². The van der Waals surface area contributed by atoms with Crippen LogP contribution in [0.2, 0.25) is 0 Å². The quantitative estimate of drug-likeness (QED) is 0.434. The van der Waals surface area contributed by atoms with Crippen molar-refractivity contribution in [3.05, 3.63) is 40.7 Å². The molecule has 4 nitrogen and oxygen atoms in total. The van der Waals surface area contributed by atoms with E-state index in [1.54, 1.807) is 0 Å². The fourth-order valence-electron chi connectivity index (χ4n) is 0.841. The van der Waals surface area contributed by atoms with Gasteiger partial charge in [0.1, 0.15) is 5.76 Å². The lowest BCUT2D eigenvalue weighted by Gasteiger charge is -2.09. The third-order valence-corrected chi connectivity index (χ3v) is 1.50. The zero-order valence-corrected chi connectivity index (χ0v) is 7.35. The molecule has 0 aromatic carbocycles. The zero-order chi connectivity index (χ0) is 11.3. The van der Waals surface area contributed by atoms with Crippen LogP contribution in [0.1, 0.15) is 5.76 Å². The van der Waals surface area contributed by atoms with Crippen LogP contribution in [0, 0.1) is 0 Å². The minimum absolute atomic E-state index is 0.261.